The maximum absolute atomic E-state index is 11.5. The molecule has 0 radical (unpaired) electrons. The number of thiophene rings is 1. The van der Waals surface area contributed by atoms with Gasteiger partial charge in [-0.1, -0.05) is 13.8 Å². The van der Waals surface area contributed by atoms with Gasteiger partial charge in [-0.2, -0.15) is 0 Å². The van der Waals surface area contributed by atoms with E-state index in [9.17, 15) is 4.79 Å². The Labute approximate surface area is 110 Å². The van der Waals surface area contributed by atoms with Crippen LogP contribution in [0.5, 0.6) is 0 Å². The number of fused-ring (bicyclic) bond motifs is 1. The quantitative estimate of drug-likeness (QED) is 0.866. The molecule has 2 aromatic rings. The second kappa shape index (κ2) is 4.94. The van der Waals surface area contributed by atoms with Crippen molar-refractivity contribution in [3.63, 3.8) is 0 Å². The predicted octanol–water partition coefficient (Wildman–Crippen LogP) is 2.86. The van der Waals surface area contributed by atoms with Gasteiger partial charge >= 0.3 is 5.97 Å². The average molecular weight is 264 g/mol. The zero-order valence-corrected chi connectivity index (χ0v) is 11.5. The lowest BCUT2D eigenvalue weighted by atomic mass is 10.1. The normalized spacial score (nSPS) is 11.1. The Balaban J connectivity index is 2.48. The van der Waals surface area contributed by atoms with Crippen LogP contribution in [0, 0.1) is 5.92 Å². The highest BCUT2D eigenvalue weighted by Crippen LogP contribution is 2.33. The Kier molecular flexibility index (Phi) is 3.52. The van der Waals surface area contributed by atoms with E-state index < -0.39 is 5.97 Å². The van der Waals surface area contributed by atoms with E-state index in [2.05, 4.69) is 18.8 Å². The van der Waals surface area contributed by atoms with Gasteiger partial charge in [0, 0.05) is 11.1 Å². The Morgan fingerprint density at radius 2 is 2.22 bits per heavy atom. The summed E-state index contributed by atoms with van der Waals surface area (Å²) in [6.07, 6.45) is 0.918. The highest BCUT2D eigenvalue weighted by Gasteiger charge is 2.17. The van der Waals surface area contributed by atoms with Gasteiger partial charge in [0.15, 0.2) is 0 Å². The molecule has 18 heavy (non-hydrogen) atoms. The standard InChI is InChI=1S/C13H16N2O2S/c1-7(2)6-8-4-5-9-10(14)11(13(16)17-3)18-12(9)15-8/h4-5,7H,6,14H2,1-3H3. The summed E-state index contributed by atoms with van der Waals surface area (Å²) in [4.78, 5) is 17.3. The fourth-order valence-electron chi connectivity index (χ4n) is 1.81. The Bertz CT molecular complexity index is 590. The van der Waals surface area contributed by atoms with E-state index in [1.807, 2.05) is 12.1 Å². The van der Waals surface area contributed by atoms with Crippen molar-refractivity contribution in [1.82, 2.24) is 4.98 Å². The maximum Gasteiger partial charge on any atom is 0.350 e. The molecule has 0 bridgehead atoms. The minimum absolute atomic E-state index is 0.402. The number of methoxy groups -OCH3 is 1. The van der Waals surface area contributed by atoms with Gasteiger partial charge in [0.05, 0.1) is 12.8 Å². The number of aromatic nitrogens is 1. The number of ether oxygens (including phenoxy) is 1. The molecule has 0 aliphatic carbocycles. The molecule has 0 aliphatic rings. The molecular formula is C13H16N2O2S. The van der Waals surface area contributed by atoms with Crippen LogP contribution in [0.4, 0.5) is 5.69 Å². The van der Waals surface area contributed by atoms with Crippen LogP contribution in [0.3, 0.4) is 0 Å². The smallest absolute Gasteiger partial charge is 0.350 e. The van der Waals surface area contributed by atoms with Gasteiger partial charge in [0.2, 0.25) is 0 Å². The van der Waals surface area contributed by atoms with Gasteiger partial charge in [-0.3, -0.25) is 0 Å². The molecule has 0 saturated heterocycles. The second-order valence-corrected chi connectivity index (χ2v) is 5.59. The van der Waals surface area contributed by atoms with Gasteiger partial charge in [-0.15, -0.1) is 11.3 Å². The third-order valence-electron chi connectivity index (χ3n) is 2.64. The third-order valence-corrected chi connectivity index (χ3v) is 3.73. The van der Waals surface area contributed by atoms with Gasteiger partial charge in [-0.05, 0) is 24.5 Å². The van der Waals surface area contributed by atoms with Crippen LogP contribution in [-0.4, -0.2) is 18.1 Å². The SMILES string of the molecule is COC(=O)c1sc2nc(CC(C)C)ccc2c1N. The van der Waals surface area contributed by atoms with Gasteiger partial charge < -0.3 is 10.5 Å². The summed E-state index contributed by atoms with van der Waals surface area (Å²) in [5, 5.41) is 0.827. The molecule has 2 heterocycles. The Morgan fingerprint density at radius 3 is 2.83 bits per heavy atom. The molecule has 0 fully saturated rings. The molecule has 2 rings (SSSR count). The largest absolute Gasteiger partial charge is 0.465 e. The Hall–Kier alpha value is -1.62. The minimum Gasteiger partial charge on any atom is -0.465 e. The highest BCUT2D eigenvalue weighted by atomic mass is 32.1. The van der Waals surface area contributed by atoms with E-state index in [4.69, 9.17) is 10.5 Å². The van der Waals surface area contributed by atoms with Crippen molar-refractivity contribution in [1.29, 1.82) is 0 Å². The number of nitrogen functional groups attached to an aromatic ring is 1. The first-order chi connectivity index (χ1) is 8.52. The summed E-state index contributed by atoms with van der Waals surface area (Å²) in [5.74, 6) is 0.147. The predicted molar refractivity (Wildman–Crippen MR) is 73.9 cm³/mol. The van der Waals surface area contributed by atoms with Crippen LogP contribution in [-0.2, 0) is 11.2 Å². The van der Waals surface area contributed by atoms with E-state index in [0.717, 1.165) is 22.3 Å². The molecule has 0 amide bonds. The lowest BCUT2D eigenvalue weighted by molar-refractivity contribution is 0.0607. The first-order valence-corrected chi connectivity index (χ1v) is 6.60. The molecule has 0 atom stereocenters. The summed E-state index contributed by atoms with van der Waals surface area (Å²) < 4.78 is 4.71. The highest BCUT2D eigenvalue weighted by molar-refractivity contribution is 7.21. The fourth-order valence-corrected chi connectivity index (χ4v) is 2.84. The number of rotatable bonds is 3. The monoisotopic (exact) mass is 264 g/mol. The minimum atomic E-state index is -0.402. The molecule has 0 unspecified atom stereocenters. The van der Waals surface area contributed by atoms with E-state index in [1.165, 1.54) is 18.4 Å². The summed E-state index contributed by atoms with van der Waals surface area (Å²) in [7, 11) is 1.35. The van der Waals surface area contributed by atoms with Crippen LogP contribution in [0.2, 0.25) is 0 Å². The fraction of sp³-hybridized carbons (Fsp3) is 0.385. The van der Waals surface area contributed by atoms with Crippen LogP contribution >= 0.6 is 11.3 Å². The summed E-state index contributed by atoms with van der Waals surface area (Å²) >= 11 is 1.29. The first kappa shape index (κ1) is 12.8. The zero-order valence-electron chi connectivity index (χ0n) is 10.7. The number of carbonyl (C=O) groups excluding carboxylic acids is 1. The van der Waals surface area contributed by atoms with E-state index >= 15 is 0 Å². The number of nitrogens with zero attached hydrogens (tertiary/aromatic N) is 1. The molecule has 2 N–H and O–H groups in total. The molecule has 0 saturated carbocycles. The zero-order chi connectivity index (χ0) is 13.3. The van der Waals surface area contributed by atoms with Crippen LogP contribution in [0.1, 0.15) is 29.2 Å². The summed E-state index contributed by atoms with van der Waals surface area (Å²) in [5.41, 5.74) is 7.42. The Morgan fingerprint density at radius 1 is 1.50 bits per heavy atom. The van der Waals surface area contributed by atoms with Crippen molar-refractivity contribution in [2.45, 2.75) is 20.3 Å². The summed E-state index contributed by atoms with van der Waals surface area (Å²) in [6, 6.07) is 3.89. The number of hydrogen-bond acceptors (Lipinski definition) is 5. The molecule has 2 aromatic heterocycles. The lowest BCUT2D eigenvalue weighted by Gasteiger charge is -2.03. The molecule has 0 aromatic carbocycles. The molecule has 0 spiro atoms. The van der Waals surface area contributed by atoms with E-state index in [-0.39, 0.29) is 0 Å². The molecule has 4 nitrogen and oxygen atoms in total. The maximum atomic E-state index is 11.5. The van der Waals surface area contributed by atoms with Crippen LogP contribution < -0.4 is 5.73 Å². The van der Waals surface area contributed by atoms with Crippen LogP contribution in [0.15, 0.2) is 12.1 Å². The average Bonchev–Trinajstić information content (AvgIpc) is 2.65. The first-order valence-electron chi connectivity index (χ1n) is 5.79. The van der Waals surface area contributed by atoms with Crippen LogP contribution in [0.25, 0.3) is 10.2 Å². The topological polar surface area (TPSA) is 65.2 Å². The van der Waals surface area contributed by atoms with Crippen molar-refractivity contribution in [2.75, 3.05) is 12.8 Å². The van der Waals surface area contributed by atoms with Gasteiger partial charge in [-0.25, -0.2) is 9.78 Å². The van der Waals surface area contributed by atoms with Crippen molar-refractivity contribution in [3.8, 4) is 0 Å². The van der Waals surface area contributed by atoms with Gasteiger partial charge in [0.1, 0.15) is 9.71 Å². The molecule has 5 heteroatoms. The van der Waals surface area contributed by atoms with Crippen molar-refractivity contribution < 1.29 is 9.53 Å². The second-order valence-electron chi connectivity index (χ2n) is 4.59. The lowest BCUT2D eigenvalue weighted by Crippen LogP contribution is -2.01. The van der Waals surface area contributed by atoms with Crippen molar-refractivity contribution in [3.05, 3.63) is 22.7 Å². The molecule has 0 aliphatic heterocycles. The van der Waals surface area contributed by atoms with Gasteiger partial charge in [0.25, 0.3) is 0 Å². The summed E-state index contributed by atoms with van der Waals surface area (Å²) in [6.45, 7) is 4.29. The number of pyridine rings is 1. The molecular weight excluding hydrogens is 248 g/mol. The number of hydrogen-bond donors (Lipinski definition) is 1. The third kappa shape index (κ3) is 2.31. The van der Waals surface area contributed by atoms with Crippen molar-refractivity contribution >= 4 is 33.2 Å². The number of esters is 1. The number of carbonyl (C=O) groups is 1. The number of anilines is 1. The van der Waals surface area contributed by atoms with Crippen molar-refractivity contribution in [2.24, 2.45) is 5.92 Å². The molecule has 96 valence electrons. The van der Waals surface area contributed by atoms with E-state index in [0.29, 0.717) is 16.5 Å². The number of nitrogens with two attached hydrogens (primary N) is 1. The van der Waals surface area contributed by atoms with E-state index in [1.54, 1.807) is 0 Å².